The molecule has 0 radical (unpaired) electrons. The molecule has 4 heteroatoms. The van der Waals surface area contributed by atoms with Crippen molar-refractivity contribution in [2.24, 2.45) is 0 Å². The van der Waals surface area contributed by atoms with Crippen LogP contribution in [0.25, 0.3) is 0 Å². The van der Waals surface area contributed by atoms with E-state index in [1.165, 1.54) is 12.8 Å². The molecule has 100 valence electrons. The fourth-order valence-corrected chi connectivity index (χ4v) is 2.10. The van der Waals surface area contributed by atoms with Crippen LogP contribution in [0.5, 0.6) is 0 Å². The molecular weight excluding hydrogens is 224 g/mol. The van der Waals surface area contributed by atoms with Crippen molar-refractivity contribution in [3.05, 3.63) is 11.9 Å². The predicted molar refractivity (Wildman–Crippen MR) is 76.3 cm³/mol. The van der Waals surface area contributed by atoms with Crippen LogP contribution < -0.4 is 10.2 Å². The highest BCUT2D eigenvalue weighted by Gasteiger charge is 2.30. The summed E-state index contributed by atoms with van der Waals surface area (Å²) in [5, 5.41) is 3.14. The first kappa shape index (κ1) is 13.1. The van der Waals surface area contributed by atoms with Crippen LogP contribution in [0.2, 0.25) is 0 Å². The van der Waals surface area contributed by atoms with Crippen molar-refractivity contribution < 1.29 is 0 Å². The number of nitrogens with zero attached hydrogens (tertiary/aromatic N) is 3. The summed E-state index contributed by atoms with van der Waals surface area (Å²) in [7, 11) is 1.91. The Hall–Kier alpha value is -1.32. The van der Waals surface area contributed by atoms with Gasteiger partial charge in [-0.3, -0.25) is 0 Å². The lowest BCUT2D eigenvalue weighted by Crippen LogP contribution is -2.28. The molecule has 0 aliphatic heterocycles. The second kappa shape index (κ2) is 5.55. The molecule has 1 N–H and O–H groups in total. The van der Waals surface area contributed by atoms with Crippen molar-refractivity contribution in [2.45, 2.75) is 52.0 Å². The van der Waals surface area contributed by atoms with Crippen LogP contribution in [0.1, 0.15) is 51.8 Å². The Morgan fingerprint density at radius 1 is 1.39 bits per heavy atom. The average molecular weight is 248 g/mol. The zero-order valence-corrected chi connectivity index (χ0v) is 11.9. The van der Waals surface area contributed by atoms with Gasteiger partial charge in [0.15, 0.2) is 0 Å². The molecule has 0 bridgehead atoms. The van der Waals surface area contributed by atoms with Crippen molar-refractivity contribution in [3.8, 4) is 0 Å². The maximum atomic E-state index is 4.74. The molecule has 1 aromatic heterocycles. The monoisotopic (exact) mass is 248 g/mol. The summed E-state index contributed by atoms with van der Waals surface area (Å²) in [6, 6.07) is 2.77. The van der Waals surface area contributed by atoms with Crippen LogP contribution in [0.15, 0.2) is 6.07 Å². The van der Waals surface area contributed by atoms with E-state index in [0.717, 1.165) is 30.4 Å². The normalized spacial score (nSPS) is 14.9. The van der Waals surface area contributed by atoms with Crippen molar-refractivity contribution in [1.29, 1.82) is 0 Å². The minimum absolute atomic E-state index is 0.361. The third-order valence-electron chi connectivity index (χ3n) is 3.25. The Labute approximate surface area is 110 Å². The summed E-state index contributed by atoms with van der Waals surface area (Å²) >= 11 is 0. The number of anilines is 2. The van der Waals surface area contributed by atoms with E-state index in [0.29, 0.717) is 12.0 Å². The zero-order valence-electron chi connectivity index (χ0n) is 11.9. The van der Waals surface area contributed by atoms with Crippen molar-refractivity contribution >= 4 is 11.6 Å². The van der Waals surface area contributed by atoms with E-state index in [9.17, 15) is 0 Å². The lowest BCUT2D eigenvalue weighted by Gasteiger charge is -2.24. The van der Waals surface area contributed by atoms with Crippen molar-refractivity contribution in [2.75, 3.05) is 23.8 Å². The van der Waals surface area contributed by atoms with Crippen LogP contribution in [-0.2, 0) is 0 Å². The van der Waals surface area contributed by atoms with Crippen LogP contribution >= 0.6 is 0 Å². The van der Waals surface area contributed by atoms with Crippen LogP contribution in [0.3, 0.4) is 0 Å². The molecule has 1 aliphatic rings. The van der Waals surface area contributed by atoms with Gasteiger partial charge < -0.3 is 10.2 Å². The molecule has 0 unspecified atom stereocenters. The zero-order chi connectivity index (χ0) is 13.1. The maximum Gasteiger partial charge on any atom is 0.135 e. The van der Waals surface area contributed by atoms with Gasteiger partial charge in [-0.25, -0.2) is 9.97 Å². The summed E-state index contributed by atoms with van der Waals surface area (Å²) in [4.78, 5) is 11.7. The maximum absolute atomic E-state index is 4.74. The molecule has 18 heavy (non-hydrogen) atoms. The topological polar surface area (TPSA) is 41.0 Å². The summed E-state index contributed by atoms with van der Waals surface area (Å²) in [6.45, 7) is 7.58. The standard InChI is InChI=1S/C14H24N4/c1-5-8-18(11-6-7-11)13-9-12(15-4)16-14(17-13)10(2)3/h9-11H,5-8H2,1-4H3,(H,15,16,17). The van der Waals surface area contributed by atoms with Crippen LogP contribution in [0.4, 0.5) is 11.6 Å². The third-order valence-corrected chi connectivity index (χ3v) is 3.25. The molecular formula is C14H24N4. The Morgan fingerprint density at radius 3 is 2.61 bits per heavy atom. The quantitative estimate of drug-likeness (QED) is 0.840. The lowest BCUT2D eigenvalue weighted by molar-refractivity contribution is 0.723. The van der Waals surface area contributed by atoms with Gasteiger partial charge in [0.2, 0.25) is 0 Å². The summed E-state index contributed by atoms with van der Waals surface area (Å²) in [6.07, 6.45) is 3.76. The Morgan fingerprint density at radius 2 is 2.11 bits per heavy atom. The molecule has 1 fully saturated rings. The lowest BCUT2D eigenvalue weighted by atomic mass is 10.2. The van der Waals surface area contributed by atoms with Gasteiger partial charge in [-0.1, -0.05) is 20.8 Å². The van der Waals surface area contributed by atoms with E-state index in [2.05, 4.69) is 42.0 Å². The number of rotatable bonds is 6. The van der Waals surface area contributed by atoms with E-state index < -0.39 is 0 Å². The third kappa shape index (κ3) is 2.92. The van der Waals surface area contributed by atoms with Crippen molar-refractivity contribution in [1.82, 2.24) is 9.97 Å². The van der Waals surface area contributed by atoms with Gasteiger partial charge in [0, 0.05) is 31.6 Å². The van der Waals surface area contributed by atoms with E-state index in [-0.39, 0.29) is 0 Å². The second-order valence-electron chi connectivity index (χ2n) is 5.30. The Balaban J connectivity index is 2.31. The van der Waals surface area contributed by atoms with E-state index in [1.807, 2.05) is 7.05 Å². The number of aromatic nitrogens is 2. The summed E-state index contributed by atoms with van der Waals surface area (Å²) in [5.74, 6) is 3.30. The average Bonchev–Trinajstić information content (AvgIpc) is 3.19. The molecule has 1 aliphatic carbocycles. The van der Waals surface area contributed by atoms with Crippen LogP contribution in [0, 0.1) is 0 Å². The highest BCUT2D eigenvalue weighted by Crippen LogP contribution is 2.32. The largest absolute Gasteiger partial charge is 0.373 e. The highest BCUT2D eigenvalue weighted by atomic mass is 15.2. The summed E-state index contributed by atoms with van der Waals surface area (Å²) in [5.41, 5.74) is 0. The fourth-order valence-electron chi connectivity index (χ4n) is 2.10. The van der Waals surface area contributed by atoms with E-state index in [4.69, 9.17) is 4.98 Å². The SMILES string of the molecule is CCCN(c1cc(NC)nc(C(C)C)n1)C1CC1. The predicted octanol–water partition coefficient (Wildman–Crippen LogP) is 3.02. The van der Waals surface area contributed by atoms with Gasteiger partial charge in [-0.05, 0) is 19.3 Å². The molecule has 1 heterocycles. The second-order valence-corrected chi connectivity index (χ2v) is 5.30. The first-order valence-electron chi connectivity index (χ1n) is 6.99. The van der Waals surface area contributed by atoms with Gasteiger partial charge in [-0.2, -0.15) is 0 Å². The molecule has 1 aromatic rings. The van der Waals surface area contributed by atoms with Gasteiger partial charge in [-0.15, -0.1) is 0 Å². The molecule has 0 aromatic carbocycles. The molecule has 0 amide bonds. The Bertz CT molecular complexity index is 399. The number of nitrogens with one attached hydrogen (secondary N) is 1. The highest BCUT2D eigenvalue weighted by molar-refractivity contribution is 5.51. The van der Waals surface area contributed by atoms with Crippen molar-refractivity contribution in [3.63, 3.8) is 0 Å². The number of hydrogen-bond acceptors (Lipinski definition) is 4. The number of hydrogen-bond donors (Lipinski definition) is 1. The smallest absolute Gasteiger partial charge is 0.135 e. The Kier molecular flexibility index (Phi) is 4.04. The summed E-state index contributed by atoms with van der Waals surface area (Å²) < 4.78 is 0. The molecule has 2 rings (SSSR count). The molecule has 4 nitrogen and oxygen atoms in total. The van der Waals surface area contributed by atoms with Crippen LogP contribution in [-0.4, -0.2) is 29.6 Å². The van der Waals surface area contributed by atoms with Gasteiger partial charge in [0.1, 0.15) is 17.5 Å². The van der Waals surface area contributed by atoms with Gasteiger partial charge in [0.05, 0.1) is 0 Å². The van der Waals surface area contributed by atoms with E-state index in [1.54, 1.807) is 0 Å². The minimum Gasteiger partial charge on any atom is -0.373 e. The minimum atomic E-state index is 0.361. The molecule has 0 saturated heterocycles. The first-order valence-corrected chi connectivity index (χ1v) is 6.99. The van der Waals surface area contributed by atoms with Gasteiger partial charge >= 0.3 is 0 Å². The first-order chi connectivity index (χ1) is 8.65. The van der Waals surface area contributed by atoms with E-state index >= 15 is 0 Å². The van der Waals surface area contributed by atoms with Gasteiger partial charge in [0.25, 0.3) is 0 Å². The molecule has 0 spiro atoms. The fraction of sp³-hybridized carbons (Fsp3) is 0.714. The molecule has 0 atom stereocenters. The molecule has 1 saturated carbocycles.